The van der Waals surface area contributed by atoms with Crippen LogP contribution in [0.2, 0.25) is 0 Å². The van der Waals surface area contributed by atoms with Crippen LogP contribution in [-0.2, 0) is 10.9 Å². The lowest BCUT2D eigenvalue weighted by Gasteiger charge is -2.18. The third kappa shape index (κ3) is 3.06. The minimum Gasteiger partial charge on any atom is -1.00 e. The Labute approximate surface area is 120 Å². The average Bonchev–Trinajstić information content (AvgIpc) is 2.49. The molecule has 1 unspecified atom stereocenters. The predicted molar refractivity (Wildman–Crippen MR) is 71.2 cm³/mol. The Kier molecular flexibility index (Phi) is 4.28. The normalized spacial score (nSPS) is 13.5. The van der Waals surface area contributed by atoms with E-state index in [2.05, 4.69) is 0 Å². The van der Waals surface area contributed by atoms with Crippen molar-refractivity contribution < 1.29 is 25.6 Å². The van der Waals surface area contributed by atoms with Crippen molar-refractivity contribution in [1.82, 2.24) is 0 Å². The number of aryl methyl sites for hydroxylation is 1. The molecule has 0 radical (unpaired) electrons. The first-order valence-electron chi connectivity index (χ1n) is 5.74. The maximum Gasteiger partial charge on any atom is 0.600 e. The molecule has 1 atom stereocenters. The van der Waals surface area contributed by atoms with E-state index in [-0.39, 0.29) is 17.8 Å². The molecule has 106 valence electrons. The molecule has 2 aromatic rings. The van der Waals surface area contributed by atoms with Crippen LogP contribution in [0.1, 0.15) is 31.2 Å². The molecule has 0 aliphatic rings. The molecular weight excluding hydrogens is 293 g/mol. The van der Waals surface area contributed by atoms with Crippen LogP contribution in [-0.4, -0.2) is 0 Å². The summed E-state index contributed by atoms with van der Waals surface area (Å²) in [4.78, 5) is 0.406. The van der Waals surface area contributed by atoms with Gasteiger partial charge in [-0.15, -0.1) is 13.2 Å². The van der Waals surface area contributed by atoms with E-state index in [0.29, 0.717) is 15.0 Å². The van der Waals surface area contributed by atoms with Gasteiger partial charge in [-0.2, -0.15) is 0 Å². The highest BCUT2D eigenvalue weighted by molar-refractivity contribution is 7.38. The third-order valence-electron chi connectivity index (χ3n) is 3.01. The van der Waals surface area contributed by atoms with Crippen molar-refractivity contribution in [2.75, 3.05) is 0 Å². The van der Waals surface area contributed by atoms with E-state index in [4.69, 9.17) is 0 Å². The quantitative estimate of drug-likeness (QED) is 0.657. The molecule has 1 heterocycles. The highest BCUT2D eigenvalue weighted by Crippen LogP contribution is 2.51. The van der Waals surface area contributed by atoms with Crippen molar-refractivity contribution in [2.24, 2.45) is 0 Å². The lowest BCUT2D eigenvalue weighted by molar-refractivity contribution is -0.0867. The summed E-state index contributed by atoms with van der Waals surface area (Å²) in [5, 5.41) is 0.709. The number of fused-ring (bicyclic) bond motifs is 1. The Morgan fingerprint density at radius 1 is 1.00 bits per heavy atom. The number of hydrogen-bond acceptors (Lipinski definition) is 0. The van der Waals surface area contributed by atoms with Crippen LogP contribution in [0.5, 0.6) is 0 Å². The molecule has 0 aliphatic carbocycles. The van der Waals surface area contributed by atoms with Crippen molar-refractivity contribution in [3.63, 3.8) is 0 Å². The van der Waals surface area contributed by atoms with Gasteiger partial charge >= 0.3 is 5.51 Å². The molecule has 0 aliphatic heterocycles. The molecular formula is C14H16ClF3S. The predicted octanol–water partition coefficient (Wildman–Crippen LogP) is 2.68. The highest BCUT2D eigenvalue weighted by Gasteiger charge is 2.47. The van der Waals surface area contributed by atoms with Gasteiger partial charge in [-0.05, 0) is 17.0 Å². The van der Waals surface area contributed by atoms with Gasteiger partial charge in [-0.1, -0.05) is 26.8 Å². The molecule has 0 N–H and O–H groups in total. The summed E-state index contributed by atoms with van der Waals surface area (Å²) in [5.41, 5.74) is -3.36. The molecule has 0 bridgehead atoms. The van der Waals surface area contributed by atoms with Gasteiger partial charge in [0.15, 0.2) is 9.58 Å². The van der Waals surface area contributed by atoms with Gasteiger partial charge in [0.25, 0.3) is 0 Å². The Hall–Kier alpha value is -0.740. The molecule has 2 rings (SSSR count). The molecule has 0 saturated heterocycles. The van der Waals surface area contributed by atoms with E-state index in [9.17, 15) is 13.2 Å². The van der Waals surface area contributed by atoms with E-state index in [1.54, 1.807) is 25.1 Å². The third-order valence-corrected chi connectivity index (χ3v) is 5.03. The van der Waals surface area contributed by atoms with Crippen molar-refractivity contribution in [1.29, 1.82) is 0 Å². The Bertz CT molecular complexity index is 591. The van der Waals surface area contributed by atoms with Crippen molar-refractivity contribution >= 4 is 20.6 Å². The molecule has 0 saturated carbocycles. The lowest BCUT2D eigenvalue weighted by Crippen LogP contribution is -3.00. The monoisotopic (exact) mass is 308 g/mol. The van der Waals surface area contributed by atoms with Gasteiger partial charge in [-0.25, -0.2) is 0 Å². The Morgan fingerprint density at radius 3 is 2.05 bits per heavy atom. The maximum atomic E-state index is 13.1. The number of benzene rings is 1. The maximum absolute atomic E-state index is 13.1. The first kappa shape index (κ1) is 16.3. The van der Waals surface area contributed by atoms with E-state index >= 15 is 0 Å². The van der Waals surface area contributed by atoms with Crippen LogP contribution >= 0.6 is 10.5 Å². The van der Waals surface area contributed by atoms with E-state index < -0.39 is 16.0 Å². The van der Waals surface area contributed by atoms with Crippen LogP contribution in [0.25, 0.3) is 10.1 Å². The Morgan fingerprint density at radius 2 is 1.58 bits per heavy atom. The van der Waals surface area contributed by atoms with Gasteiger partial charge in [0.1, 0.15) is 0 Å². The highest BCUT2D eigenvalue weighted by atomic mass is 35.5. The number of halogens is 4. The SMILES string of the molecule is Cc1cc2ccc(C(C)(C)C)cc2[s+]1C(F)(F)F.[Cl-]. The second-order valence-electron chi connectivity index (χ2n) is 5.51. The van der Waals surface area contributed by atoms with Gasteiger partial charge in [0.05, 0.1) is 10.5 Å². The van der Waals surface area contributed by atoms with Crippen molar-refractivity contribution in [3.8, 4) is 0 Å². The van der Waals surface area contributed by atoms with Crippen LogP contribution in [0.4, 0.5) is 13.2 Å². The first-order chi connectivity index (χ1) is 8.10. The largest absolute Gasteiger partial charge is 1.00 e. The Balaban J connectivity index is 0.00000180. The molecule has 19 heavy (non-hydrogen) atoms. The van der Waals surface area contributed by atoms with Crippen molar-refractivity contribution in [2.45, 2.75) is 38.6 Å². The summed E-state index contributed by atoms with van der Waals surface area (Å²) in [6.07, 6.45) is 0. The summed E-state index contributed by atoms with van der Waals surface area (Å²) in [6, 6.07) is 7.10. The fraction of sp³-hybridized carbons (Fsp3) is 0.429. The summed E-state index contributed by atoms with van der Waals surface area (Å²) < 4.78 is 39.7. The number of thiophene rings is 1. The molecule has 0 spiro atoms. The zero-order valence-electron chi connectivity index (χ0n) is 11.2. The van der Waals surface area contributed by atoms with Gasteiger partial charge < -0.3 is 12.4 Å². The minimum atomic E-state index is -4.18. The standard InChI is InChI=1S/C14H16F3S.ClH/c1-9-7-10-5-6-11(13(2,3)4)8-12(10)18(9)14(15,16)17;/h5-8H,1-4H3;1H/q+1;/p-1. The molecule has 5 heteroatoms. The van der Waals surface area contributed by atoms with Gasteiger partial charge in [-0.3, -0.25) is 0 Å². The number of alkyl halides is 3. The topological polar surface area (TPSA) is 0 Å². The van der Waals surface area contributed by atoms with Crippen LogP contribution in [0, 0.1) is 6.92 Å². The summed E-state index contributed by atoms with van der Waals surface area (Å²) in [7, 11) is -1.75. The number of rotatable bonds is 0. The molecule has 0 amide bonds. The molecule has 1 aromatic carbocycles. The molecule has 0 fully saturated rings. The zero-order valence-corrected chi connectivity index (χ0v) is 12.8. The summed E-state index contributed by atoms with van der Waals surface area (Å²) >= 11 is 0. The van der Waals surface area contributed by atoms with Crippen molar-refractivity contribution in [3.05, 3.63) is 34.7 Å². The van der Waals surface area contributed by atoms with Crippen LogP contribution in [0.15, 0.2) is 24.3 Å². The van der Waals surface area contributed by atoms with Crippen LogP contribution < -0.4 is 12.4 Å². The number of hydrogen-bond donors (Lipinski definition) is 0. The van der Waals surface area contributed by atoms with E-state index in [1.807, 2.05) is 26.8 Å². The first-order valence-corrected chi connectivity index (χ1v) is 6.97. The second-order valence-corrected chi connectivity index (χ2v) is 7.67. The minimum absolute atomic E-state index is 0. The van der Waals surface area contributed by atoms with Gasteiger partial charge in [0, 0.05) is 24.4 Å². The smallest absolute Gasteiger partial charge is 0.600 e. The lowest BCUT2D eigenvalue weighted by atomic mass is 9.87. The van der Waals surface area contributed by atoms with Gasteiger partial charge in [0.2, 0.25) is 0 Å². The van der Waals surface area contributed by atoms with E-state index in [1.165, 1.54) is 0 Å². The fourth-order valence-electron chi connectivity index (χ4n) is 2.06. The average molecular weight is 309 g/mol. The summed E-state index contributed by atoms with van der Waals surface area (Å²) in [6.45, 7) is 7.59. The van der Waals surface area contributed by atoms with E-state index in [0.717, 1.165) is 5.56 Å². The fourth-order valence-corrected chi connectivity index (χ4v) is 3.87. The summed E-state index contributed by atoms with van der Waals surface area (Å²) in [5.74, 6) is 0. The van der Waals surface area contributed by atoms with Crippen LogP contribution in [0.3, 0.4) is 0 Å². The zero-order chi connectivity index (χ0) is 13.7. The molecule has 1 aromatic heterocycles. The second kappa shape index (κ2) is 4.98. The molecule has 0 nitrogen and oxygen atoms in total.